The van der Waals surface area contributed by atoms with Gasteiger partial charge in [-0.15, -0.1) is 0 Å². The van der Waals surface area contributed by atoms with Crippen molar-refractivity contribution >= 4 is 35.3 Å². The molecule has 0 aliphatic carbocycles. The van der Waals surface area contributed by atoms with Crippen LogP contribution in [0.2, 0.25) is 10.0 Å². The summed E-state index contributed by atoms with van der Waals surface area (Å²) >= 11 is 11.7. The Bertz CT molecular complexity index is 555. The predicted molar refractivity (Wildman–Crippen MR) is 85.5 cm³/mol. The SMILES string of the molecule is CC(C)(C)OC(=O)NC[C@H](Cc1ccc(Cl)c(Cl)c1)C(=O)O. The fourth-order valence-electron chi connectivity index (χ4n) is 1.72. The average Bonchev–Trinajstić information content (AvgIpc) is 2.36. The van der Waals surface area contributed by atoms with E-state index in [0.717, 1.165) is 5.56 Å². The highest BCUT2D eigenvalue weighted by atomic mass is 35.5. The van der Waals surface area contributed by atoms with Crippen LogP contribution in [0.5, 0.6) is 0 Å². The molecule has 1 atom stereocenters. The summed E-state index contributed by atoms with van der Waals surface area (Å²) in [4.78, 5) is 22.9. The Labute approximate surface area is 139 Å². The summed E-state index contributed by atoms with van der Waals surface area (Å²) in [5, 5.41) is 12.5. The zero-order valence-electron chi connectivity index (χ0n) is 12.7. The van der Waals surface area contributed by atoms with E-state index in [1.807, 2.05) is 0 Å². The van der Waals surface area contributed by atoms with Gasteiger partial charge in [0.05, 0.1) is 16.0 Å². The lowest BCUT2D eigenvalue weighted by Gasteiger charge is -2.21. The van der Waals surface area contributed by atoms with E-state index in [2.05, 4.69) is 5.32 Å². The monoisotopic (exact) mass is 347 g/mol. The van der Waals surface area contributed by atoms with Crippen LogP contribution in [0.25, 0.3) is 0 Å². The van der Waals surface area contributed by atoms with Crippen LogP contribution in [0, 0.1) is 5.92 Å². The molecule has 122 valence electrons. The maximum Gasteiger partial charge on any atom is 0.407 e. The molecule has 0 heterocycles. The molecule has 0 fully saturated rings. The van der Waals surface area contributed by atoms with Gasteiger partial charge in [0.25, 0.3) is 0 Å². The highest BCUT2D eigenvalue weighted by Gasteiger charge is 2.22. The van der Waals surface area contributed by atoms with Crippen LogP contribution >= 0.6 is 23.2 Å². The molecule has 2 N–H and O–H groups in total. The number of carboxylic acid groups (broad SMARTS) is 1. The van der Waals surface area contributed by atoms with Crippen LogP contribution in [0.3, 0.4) is 0 Å². The van der Waals surface area contributed by atoms with Crippen molar-refractivity contribution in [3.8, 4) is 0 Å². The molecule has 5 nitrogen and oxygen atoms in total. The number of benzene rings is 1. The molecular weight excluding hydrogens is 329 g/mol. The van der Waals surface area contributed by atoms with Crippen LogP contribution in [-0.2, 0) is 16.0 Å². The molecule has 0 spiro atoms. The summed E-state index contributed by atoms with van der Waals surface area (Å²) in [6, 6.07) is 4.93. The lowest BCUT2D eigenvalue weighted by Crippen LogP contribution is -2.37. The van der Waals surface area contributed by atoms with Gasteiger partial charge >= 0.3 is 12.1 Å². The number of amides is 1. The number of carbonyl (C=O) groups is 2. The van der Waals surface area contributed by atoms with Gasteiger partial charge in [-0.3, -0.25) is 4.79 Å². The summed E-state index contributed by atoms with van der Waals surface area (Å²) < 4.78 is 5.07. The van der Waals surface area contributed by atoms with Gasteiger partial charge in [0, 0.05) is 6.54 Å². The van der Waals surface area contributed by atoms with Crippen LogP contribution in [0.1, 0.15) is 26.3 Å². The minimum Gasteiger partial charge on any atom is -0.481 e. The Hall–Kier alpha value is -1.46. The summed E-state index contributed by atoms with van der Waals surface area (Å²) in [5.41, 5.74) is 0.0970. The normalized spacial score (nSPS) is 12.6. The molecule has 0 aromatic heterocycles. The minimum atomic E-state index is -1.01. The Morgan fingerprint density at radius 1 is 1.27 bits per heavy atom. The predicted octanol–water partition coefficient (Wildman–Crippen LogP) is 3.76. The van der Waals surface area contributed by atoms with Crippen molar-refractivity contribution in [2.45, 2.75) is 32.8 Å². The van der Waals surface area contributed by atoms with E-state index in [9.17, 15) is 14.7 Å². The molecule has 0 saturated carbocycles. The fourth-order valence-corrected chi connectivity index (χ4v) is 2.04. The van der Waals surface area contributed by atoms with Gasteiger partial charge in [0.2, 0.25) is 0 Å². The molecule has 0 radical (unpaired) electrons. The molecule has 1 rings (SSSR count). The molecule has 0 aliphatic rings. The number of rotatable bonds is 5. The average molecular weight is 348 g/mol. The highest BCUT2D eigenvalue weighted by molar-refractivity contribution is 6.42. The molecule has 0 saturated heterocycles. The Balaban J connectivity index is 2.64. The lowest BCUT2D eigenvalue weighted by molar-refractivity contribution is -0.141. The van der Waals surface area contributed by atoms with E-state index in [0.29, 0.717) is 10.0 Å². The van der Waals surface area contributed by atoms with Crippen molar-refractivity contribution in [2.24, 2.45) is 5.92 Å². The summed E-state index contributed by atoms with van der Waals surface area (Å²) in [7, 11) is 0. The van der Waals surface area contributed by atoms with E-state index in [-0.39, 0.29) is 13.0 Å². The van der Waals surface area contributed by atoms with E-state index < -0.39 is 23.6 Å². The Kier molecular flexibility index (Phi) is 6.50. The first-order valence-corrected chi connectivity index (χ1v) is 7.47. The fraction of sp³-hybridized carbons (Fsp3) is 0.467. The molecule has 1 aromatic carbocycles. The number of hydrogen-bond acceptors (Lipinski definition) is 3. The molecular formula is C15H19Cl2NO4. The second-order valence-electron chi connectivity index (χ2n) is 5.87. The maximum atomic E-state index is 11.6. The van der Waals surface area contributed by atoms with Crippen LogP contribution in [0.4, 0.5) is 4.79 Å². The van der Waals surface area contributed by atoms with Gasteiger partial charge in [0.1, 0.15) is 5.60 Å². The van der Waals surface area contributed by atoms with Crippen molar-refractivity contribution in [1.29, 1.82) is 0 Å². The summed E-state index contributed by atoms with van der Waals surface area (Å²) in [6.45, 7) is 5.16. The van der Waals surface area contributed by atoms with Crippen LogP contribution < -0.4 is 5.32 Å². The van der Waals surface area contributed by atoms with E-state index in [1.54, 1.807) is 39.0 Å². The van der Waals surface area contributed by atoms with Gasteiger partial charge in [-0.05, 0) is 44.9 Å². The van der Waals surface area contributed by atoms with Crippen LogP contribution in [-0.4, -0.2) is 29.3 Å². The largest absolute Gasteiger partial charge is 0.481 e. The molecule has 0 unspecified atom stereocenters. The first-order chi connectivity index (χ1) is 10.1. The van der Waals surface area contributed by atoms with E-state index >= 15 is 0 Å². The molecule has 0 aliphatic heterocycles. The standard InChI is InChI=1S/C15H19Cl2NO4/c1-15(2,3)22-14(21)18-8-10(13(19)20)6-9-4-5-11(16)12(17)7-9/h4-5,7,10H,6,8H2,1-3H3,(H,18,21)(H,19,20)/t10-/m0/s1. The van der Waals surface area contributed by atoms with Crippen molar-refractivity contribution in [3.05, 3.63) is 33.8 Å². The topological polar surface area (TPSA) is 75.6 Å². The zero-order chi connectivity index (χ0) is 16.9. The highest BCUT2D eigenvalue weighted by Crippen LogP contribution is 2.24. The molecule has 22 heavy (non-hydrogen) atoms. The number of hydrogen-bond donors (Lipinski definition) is 2. The first kappa shape index (κ1) is 18.6. The Morgan fingerprint density at radius 3 is 2.41 bits per heavy atom. The molecule has 1 amide bonds. The quantitative estimate of drug-likeness (QED) is 0.850. The minimum absolute atomic E-state index is 0.0372. The molecule has 1 aromatic rings. The lowest BCUT2D eigenvalue weighted by atomic mass is 9.99. The third-order valence-electron chi connectivity index (χ3n) is 2.71. The molecule has 7 heteroatoms. The smallest absolute Gasteiger partial charge is 0.407 e. The number of aliphatic carboxylic acids is 1. The number of carboxylic acids is 1. The summed E-state index contributed by atoms with van der Waals surface area (Å²) in [5.74, 6) is -1.80. The second kappa shape index (κ2) is 7.70. The number of alkyl carbamates (subject to hydrolysis) is 1. The van der Waals surface area contributed by atoms with E-state index in [1.165, 1.54) is 0 Å². The van der Waals surface area contributed by atoms with Crippen molar-refractivity contribution in [1.82, 2.24) is 5.32 Å². The van der Waals surface area contributed by atoms with Gasteiger partial charge in [-0.2, -0.15) is 0 Å². The number of carbonyl (C=O) groups excluding carboxylic acids is 1. The Morgan fingerprint density at radius 2 is 1.91 bits per heavy atom. The maximum absolute atomic E-state index is 11.6. The van der Waals surface area contributed by atoms with Crippen molar-refractivity contribution in [3.63, 3.8) is 0 Å². The number of nitrogens with one attached hydrogen (secondary N) is 1. The third kappa shape index (κ3) is 6.54. The van der Waals surface area contributed by atoms with Gasteiger partial charge < -0.3 is 15.2 Å². The van der Waals surface area contributed by atoms with Gasteiger partial charge in [-0.25, -0.2) is 4.79 Å². The summed E-state index contributed by atoms with van der Waals surface area (Å²) in [6.07, 6.45) is -0.421. The number of halogens is 2. The van der Waals surface area contributed by atoms with Crippen LogP contribution in [0.15, 0.2) is 18.2 Å². The third-order valence-corrected chi connectivity index (χ3v) is 3.45. The van der Waals surface area contributed by atoms with Gasteiger partial charge in [0.15, 0.2) is 0 Å². The first-order valence-electron chi connectivity index (χ1n) is 6.72. The van der Waals surface area contributed by atoms with E-state index in [4.69, 9.17) is 27.9 Å². The zero-order valence-corrected chi connectivity index (χ0v) is 14.2. The van der Waals surface area contributed by atoms with Crippen molar-refractivity contribution < 1.29 is 19.4 Å². The molecule has 0 bridgehead atoms. The van der Waals surface area contributed by atoms with Crippen molar-refractivity contribution in [2.75, 3.05) is 6.54 Å². The number of ether oxygens (including phenoxy) is 1. The van der Waals surface area contributed by atoms with Gasteiger partial charge in [-0.1, -0.05) is 29.3 Å². The second-order valence-corrected chi connectivity index (χ2v) is 6.68.